The highest BCUT2D eigenvalue weighted by atomic mass is 16.5. The highest BCUT2D eigenvalue weighted by molar-refractivity contribution is 6.04. The van der Waals surface area contributed by atoms with E-state index < -0.39 is 5.97 Å². The molecule has 2 heterocycles. The number of H-pyrrole nitrogens is 1. The third kappa shape index (κ3) is 3.33. The number of carbonyl (C=O) groups excluding carboxylic acids is 1. The van der Waals surface area contributed by atoms with Crippen LogP contribution >= 0.6 is 0 Å². The van der Waals surface area contributed by atoms with Crippen molar-refractivity contribution in [2.24, 2.45) is 21.2 Å². The maximum atomic E-state index is 12.4. The first kappa shape index (κ1) is 18.0. The topological polar surface area (TPSA) is 70.0 Å². The number of fused-ring (bicyclic) bond motifs is 3. The van der Waals surface area contributed by atoms with Crippen LogP contribution in [-0.2, 0) is 4.74 Å². The molecule has 1 N–H and O–H groups in total. The Kier molecular flexibility index (Phi) is 4.24. The molecule has 2 atom stereocenters. The Morgan fingerprint density at radius 2 is 2.07 bits per heavy atom. The SMILES string of the molecule is CCOC(=O)c1[nH]c2ccccc2c1N=NN1CC2(C)CC1CC(C)(C)C2. The molecule has 6 heteroatoms. The lowest BCUT2D eigenvalue weighted by atomic mass is 9.65. The molecule has 0 radical (unpaired) electrons. The van der Waals surface area contributed by atoms with Gasteiger partial charge < -0.3 is 9.72 Å². The van der Waals surface area contributed by atoms with Crippen molar-refractivity contribution in [3.05, 3.63) is 30.0 Å². The number of ether oxygens (including phenoxy) is 1. The molecule has 6 nitrogen and oxygen atoms in total. The minimum atomic E-state index is -0.393. The lowest BCUT2D eigenvalue weighted by Gasteiger charge is -2.39. The molecule has 1 aromatic carbocycles. The fraction of sp³-hybridized carbons (Fsp3) is 0.571. The number of hydrogen-bond acceptors (Lipinski definition) is 4. The van der Waals surface area contributed by atoms with Crippen LogP contribution in [0, 0.1) is 10.8 Å². The summed E-state index contributed by atoms with van der Waals surface area (Å²) in [5, 5.41) is 12.2. The Hall–Kier alpha value is -2.37. The molecule has 1 aliphatic carbocycles. The number of aromatic nitrogens is 1. The normalized spacial score (nSPS) is 26.8. The first-order valence-electron chi connectivity index (χ1n) is 9.76. The van der Waals surface area contributed by atoms with E-state index in [9.17, 15) is 4.79 Å². The van der Waals surface area contributed by atoms with Crippen LogP contribution in [0.4, 0.5) is 5.69 Å². The molecule has 0 amide bonds. The fourth-order valence-electron chi connectivity index (χ4n) is 5.22. The molecule has 2 unspecified atom stereocenters. The number of hydrogen-bond donors (Lipinski definition) is 1. The van der Waals surface area contributed by atoms with Crippen molar-refractivity contribution in [3.8, 4) is 0 Å². The lowest BCUT2D eigenvalue weighted by Crippen LogP contribution is -2.33. The van der Waals surface area contributed by atoms with Crippen molar-refractivity contribution in [1.82, 2.24) is 9.99 Å². The van der Waals surface area contributed by atoms with Crippen LogP contribution in [0.1, 0.15) is 57.4 Å². The molecule has 1 aromatic heterocycles. The zero-order chi connectivity index (χ0) is 19.2. The van der Waals surface area contributed by atoms with Gasteiger partial charge in [0.05, 0.1) is 6.61 Å². The molecule has 4 rings (SSSR count). The summed E-state index contributed by atoms with van der Waals surface area (Å²) >= 11 is 0. The van der Waals surface area contributed by atoms with Gasteiger partial charge in [-0.2, -0.15) is 0 Å². The smallest absolute Gasteiger partial charge is 0.357 e. The second kappa shape index (κ2) is 6.36. The molecule has 2 aliphatic rings. The summed E-state index contributed by atoms with van der Waals surface area (Å²) in [6, 6.07) is 8.18. The van der Waals surface area contributed by atoms with E-state index in [0.29, 0.717) is 29.4 Å². The summed E-state index contributed by atoms with van der Waals surface area (Å²) in [6.45, 7) is 10.1. The third-order valence-corrected chi connectivity index (χ3v) is 5.81. The van der Waals surface area contributed by atoms with Gasteiger partial charge in [0.2, 0.25) is 0 Å². The third-order valence-electron chi connectivity index (χ3n) is 5.81. The van der Waals surface area contributed by atoms with E-state index in [1.807, 2.05) is 24.3 Å². The van der Waals surface area contributed by atoms with Crippen molar-refractivity contribution in [2.45, 2.75) is 53.0 Å². The van der Waals surface area contributed by atoms with E-state index in [4.69, 9.17) is 4.74 Å². The molecular weight excluding hydrogens is 340 g/mol. The summed E-state index contributed by atoms with van der Waals surface area (Å²) in [7, 11) is 0. The Labute approximate surface area is 160 Å². The van der Waals surface area contributed by atoms with Crippen molar-refractivity contribution in [1.29, 1.82) is 0 Å². The van der Waals surface area contributed by atoms with Crippen LogP contribution in [0.5, 0.6) is 0 Å². The Bertz CT molecular complexity index is 901. The van der Waals surface area contributed by atoms with Crippen LogP contribution in [0.25, 0.3) is 10.9 Å². The quantitative estimate of drug-likeness (QED) is 0.592. The zero-order valence-corrected chi connectivity index (χ0v) is 16.6. The van der Waals surface area contributed by atoms with Gasteiger partial charge in [0.25, 0.3) is 0 Å². The maximum absolute atomic E-state index is 12.4. The zero-order valence-electron chi connectivity index (χ0n) is 16.6. The first-order chi connectivity index (χ1) is 12.8. The predicted octanol–water partition coefficient (Wildman–Crippen LogP) is 5.24. The van der Waals surface area contributed by atoms with Gasteiger partial charge in [-0.3, -0.25) is 5.01 Å². The number of rotatable bonds is 4. The van der Waals surface area contributed by atoms with Gasteiger partial charge in [0.1, 0.15) is 5.69 Å². The molecule has 2 fully saturated rings. The van der Waals surface area contributed by atoms with E-state index in [-0.39, 0.29) is 5.41 Å². The molecule has 1 aliphatic heterocycles. The fourth-order valence-corrected chi connectivity index (χ4v) is 5.22. The van der Waals surface area contributed by atoms with E-state index in [1.165, 1.54) is 6.42 Å². The summed E-state index contributed by atoms with van der Waals surface area (Å²) in [4.78, 5) is 15.5. The molecule has 0 spiro atoms. The Morgan fingerprint density at radius 3 is 2.85 bits per heavy atom. The minimum Gasteiger partial charge on any atom is -0.461 e. The highest BCUT2D eigenvalue weighted by Crippen LogP contribution is 2.52. The average molecular weight is 368 g/mol. The monoisotopic (exact) mass is 368 g/mol. The Balaban J connectivity index is 1.67. The molecule has 1 saturated carbocycles. The predicted molar refractivity (Wildman–Crippen MR) is 105 cm³/mol. The van der Waals surface area contributed by atoms with Crippen molar-refractivity contribution >= 4 is 22.6 Å². The van der Waals surface area contributed by atoms with Gasteiger partial charge in [0, 0.05) is 23.5 Å². The Morgan fingerprint density at radius 1 is 1.30 bits per heavy atom. The van der Waals surface area contributed by atoms with E-state index >= 15 is 0 Å². The largest absolute Gasteiger partial charge is 0.461 e. The molecule has 2 aromatic rings. The van der Waals surface area contributed by atoms with Crippen molar-refractivity contribution < 1.29 is 9.53 Å². The number of nitrogens with one attached hydrogen (secondary N) is 1. The lowest BCUT2D eigenvalue weighted by molar-refractivity contribution is 0.0521. The van der Waals surface area contributed by atoms with E-state index in [2.05, 4.69) is 41.1 Å². The summed E-state index contributed by atoms with van der Waals surface area (Å²) < 4.78 is 5.20. The van der Waals surface area contributed by atoms with Gasteiger partial charge in [-0.05, 0) is 43.1 Å². The van der Waals surface area contributed by atoms with Crippen LogP contribution in [0.3, 0.4) is 0 Å². The number of para-hydroxylation sites is 1. The van der Waals surface area contributed by atoms with Crippen LogP contribution in [-0.4, -0.2) is 35.2 Å². The van der Waals surface area contributed by atoms with Crippen LogP contribution in [0.15, 0.2) is 34.6 Å². The maximum Gasteiger partial charge on any atom is 0.357 e. The number of benzene rings is 1. The highest BCUT2D eigenvalue weighted by Gasteiger charge is 2.49. The molecule has 144 valence electrons. The number of aromatic amines is 1. The number of carbonyl (C=O) groups is 1. The standard InChI is InChI=1S/C21H28N4O2/c1-5-27-19(26)18-17(15-8-6-7-9-16(15)22-18)23-24-25-13-21(4)11-14(25)10-20(2,3)12-21/h6-9,14,22H,5,10-13H2,1-4H3. The molecule has 27 heavy (non-hydrogen) atoms. The summed E-state index contributed by atoms with van der Waals surface area (Å²) in [6.07, 6.45) is 3.50. The van der Waals surface area contributed by atoms with Gasteiger partial charge >= 0.3 is 5.97 Å². The van der Waals surface area contributed by atoms with E-state index in [1.54, 1.807) is 6.92 Å². The average Bonchev–Trinajstić information content (AvgIpc) is 3.06. The number of nitrogens with zero attached hydrogens (tertiary/aromatic N) is 3. The molecule has 1 saturated heterocycles. The van der Waals surface area contributed by atoms with Gasteiger partial charge in [-0.15, -0.1) is 5.11 Å². The summed E-state index contributed by atoms with van der Waals surface area (Å²) in [5.74, 6) is -0.393. The number of esters is 1. The van der Waals surface area contributed by atoms with Gasteiger partial charge in [-0.25, -0.2) is 4.79 Å². The van der Waals surface area contributed by atoms with Crippen molar-refractivity contribution in [3.63, 3.8) is 0 Å². The van der Waals surface area contributed by atoms with Crippen LogP contribution in [0.2, 0.25) is 0 Å². The second-order valence-electron chi connectivity index (χ2n) is 9.12. The van der Waals surface area contributed by atoms with Crippen molar-refractivity contribution in [2.75, 3.05) is 13.2 Å². The van der Waals surface area contributed by atoms with Gasteiger partial charge in [0.15, 0.2) is 5.69 Å². The van der Waals surface area contributed by atoms with Crippen LogP contribution < -0.4 is 0 Å². The summed E-state index contributed by atoms with van der Waals surface area (Å²) in [5.41, 5.74) is 2.42. The molecular formula is C21H28N4O2. The van der Waals surface area contributed by atoms with E-state index in [0.717, 1.165) is 30.3 Å². The first-order valence-corrected chi connectivity index (χ1v) is 9.76. The van der Waals surface area contributed by atoms with Gasteiger partial charge in [-0.1, -0.05) is 44.2 Å². The molecule has 2 bridgehead atoms. The second-order valence-corrected chi connectivity index (χ2v) is 9.12. The minimum absolute atomic E-state index is 0.287.